The van der Waals surface area contributed by atoms with Crippen LogP contribution in [0.3, 0.4) is 0 Å². The van der Waals surface area contributed by atoms with Crippen LogP contribution in [0.4, 0.5) is 5.69 Å². The van der Waals surface area contributed by atoms with Crippen LogP contribution < -0.4 is 9.46 Å². The van der Waals surface area contributed by atoms with E-state index in [1.165, 1.54) is 0 Å². The van der Waals surface area contributed by atoms with Gasteiger partial charge in [-0.05, 0) is 53.9 Å². The van der Waals surface area contributed by atoms with Crippen molar-refractivity contribution in [1.82, 2.24) is 0 Å². The molecule has 134 valence electrons. The first-order valence-corrected chi connectivity index (χ1v) is 9.89. The maximum atomic E-state index is 12.7. The number of rotatable bonds is 6. The van der Waals surface area contributed by atoms with Crippen molar-refractivity contribution in [2.24, 2.45) is 0 Å². The van der Waals surface area contributed by atoms with Crippen molar-refractivity contribution in [3.05, 3.63) is 84.4 Å². The highest BCUT2D eigenvalue weighted by atomic mass is 32.2. The van der Waals surface area contributed by atoms with Crippen LogP contribution in [-0.4, -0.2) is 8.42 Å². The van der Waals surface area contributed by atoms with Gasteiger partial charge in [0.1, 0.15) is 11.5 Å². The molecule has 3 aromatic rings. The quantitative estimate of drug-likeness (QED) is 0.634. The minimum absolute atomic E-state index is 0.191. The Balaban J connectivity index is 1.80. The van der Waals surface area contributed by atoms with Crippen LogP contribution in [0.25, 0.3) is 0 Å². The third-order valence-corrected chi connectivity index (χ3v) is 5.32. The van der Waals surface area contributed by atoms with E-state index in [0.29, 0.717) is 17.2 Å². The van der Waals surface area contributed by atoms with E-state index < -0.39 is 10.0 Å². The van der Waals surface area contributed by atoms with Crippen LogP contribution in [-0.2, 0) is 10.0 Å². The first-order valence-electron chi connectivity index (χ1n) is 8.40. The van der Waals surface area contributed by atoms with Crippen LogP contribution in [0.5, 0.6) is 11.5 Å². The summed E-state index contributed by atoms with van der Waals surface area (Å²) in [6.07, 6.45) is 0. The molecule has 0 amide bonds. The molecule has 3 aromatic carbocycles. The monoisotopic (exact) mass is 367 g/mol. The lowest BCUT2D eigenvalue weighted by Crippen LogP contribution is -2.14. The Kier molecular flexibility index (Phi) is 5.28. The molecule has 0 heterocycles. The average molecular weight is 367 g/mol. The minimum Gasteiger partial charge on any atom is -0.457 e. The fraction of sp³-hybridized carbons (Fsp3) is 0.143. The molecule has 4 nitrogen and oxygen atoms in total. The molecule has 0 saturated carbocycles. The van der Waals surface area contributed by atoms with E-state index in [-0.39, 0.29) is 10.8 Å². The predicted molar refractivity (Wildman–Crippen MR) is 104 cm³/mol. The van der Waals surface area contributed by atoms with Crippen molar-refractivity contribution in [2.45, 2.75) is 24.7 Å². The molecule has 0 saturated heterocycles. The second-order valence-electron chi connectivity index (χ2n) is 6.23. The van der Waals surface area contributed by atoms with Gasteiger partial charge in [0.05, 0.1) is 10.6 Å². The van der Waals surface area contributed by atoms with Crippen LogP contribution in [0, 0.1) is 0 Å². The fourth-order valence-corrected chi connectivity index (χ4v) is 3.70. The van der Waals surface area contributed by atoms with Crippen molar-refractivity contribution in [3.63, 3.8) is 0 Å². The number of para-hydroxylation sites is 2. The molecule has 0 aliphatic carbocycles. The van der Waals surface area contributed by atoms with Gasteiger partial charge in [0, 0.05) is 0 Å². The molecule has 1 N–H and O–H groups in total. The summed E-state index contributed by atoms with van der Waals surface area (Å²) in [5, 5.41) is 0. The molecule has 0 atom stereocenters. The normalized spacial score (nSPS) is 11.3. The van der Waals surface area contributed by atoms with Gasteiger partial charge < -0.3 is 4.74 Å². The van der Waals surface area contributed by atoms with Gasteiger partial charge in [0.15, 0.2) is 0 Å². The smallest absolute Gasteiger partial charge is 0.261 e. The van der Waals surface area contributed by atoms with Crippen LogP contribution in [0.1, 0.15) is 25.3 Å². The molecular formula is C21H21NO3S. The van der Waals surface area contributed by atoms with Gasteiger partial charge in [0.2, 0.25) is 0 Å². The third kappa shape index (κ3) is 4.24. The molecule has 0 bridgehead atoms. The Hall–Kier alpha value is -2.79. The van der Waals surface area contributed by atoms with Crippen LogP contribution in [0.15, 0.2) is 83.8 Å². The molecule has 0 aromatic heterocycles. The second kappa shape index (κ2) is 7.62. The van der Waals surface area contributed by atoms with Gasteiger partial charge in [-0.3, -0.25) is 4.72 Å². The van der Waals surface area contributed by atoms with Crippen molar-refractivity contribution in [1.29, 1.82) is 0 Å². The van der Waals surface area contributed by atoms with Crippen molar-refractivity contribution >= 4 is 15.7 Å². The lowest BCUT2D eigenvalue weighted by atomic mass is 10.0. The SMILES string of the molecule is CC(C)c1ccccc1NS(=O)(=O)c1ccc(Oc2ccccc2)cc1. The van der Waals surface area contributed by atoms with Gasteiger partial charge in [-0.1, -0.05) is 50.2 Å². The van der Waals surface area contributed by atoms with Gasteiger partial charge in [-0.15, -0.1) is 0 Å². The van der Waals surface area contributed by atoms with Gasteiger partial charge in [-0.2, -0.15) is 0 Å². The number of sulfonamides is 1. The molecule has 0 radical (unpaired) electrons. The summed E-state index contributed by atoms with van der Waals surface area (Å²) in [7, 11) is -3.66. The Morgan fingerprint density at radius 1 is 0.769 bits per heavy atom. The fourth-order valence-electron chi connectivity index (χ4n) is 2.61. The summed E-state index contributed by atoms with van der Waals surface area (Å²) in [6.45, 7) is 4.06. The zero-order valence-corrected chi connectivity index (χ0v) is 15.5. The zero-order chi connectivity index (χ0) is 18.6. The van der Waals surface area contributed by atoms with E-state index >= 15 is 0 Å². The zero-order valence-electron chi connectivity index (χ0n) is 14.7. The molecule has 0 aliphatic rings. The third-order valence-electron chi connectivity index (χ3n) is 3.94. The number of ether oxygens (including phenoxy) is 1. The van der Waals surface area contributed by atoms with E-state index in [4.69, 9.17) is 4.74 Å². The Bertz CT molecular complexity index is 966. The summed E-state index contributed by atoms with van der Waals surface area (Å²) in [5.74, 6) is 1.50. The predicted octanol–water partition coefficient (Wildman–Crippen LogP) is 5.40. The van der Waals surface area contributed by atoms with Gasteiger partial charge in [0.25, 0.3) is 10.0 Å². The molecule has 0 fully saturated rings. The molecule has 0 spiro atoms. The summed E-state index contributed by atoms with van der Waals surface area (Å²) in [5.41, 5.74) is 1.56. The Morgan fingerprint density at radius 3 is 2.00 bits per heavy atom. The first-order chi connectivity index (χ1) is 12.5. The van der Waals surface area contributed by atoms with E-state index in [1.807, 2.05) is 62.4 Å². The Labute approximate surface area is 154 Å². The molecule has 0 aliphatic heterocycles. The van der Waals surface area contributed by atoms with Crippen molar-refractivity contribution < 1.29 is 13.2 Å². The van der Waals surface area contributed by atoms with Crippen molar-refractivity contribution in [3.8, 4) is 11.5 Å². The standard InChI is InChI=1S/C21H21NO3S/c1-16(2)20-10-6-7-11-21(20)22-26(23,24)19-14-12-18(13-15-19)25-17-8-4-3-5-9-17/h3-16,22H,1-2H3. The van der Waals surface area contributed by atoms with Gasteiger partial charge in [-0.25, -0.2) is 8.42 Å². The van der Waals surface area contributed by atoms with Crippen molar-refractivity contribution in [2.75, 3.05) is 4.72 Å². The highest BCUT2D eigenvalue weighted by molar-refractivity contribution is 7.92. The summed E-state index contributed by atoms with van der Waals surface area (Å²) >= 11 is 0. The first kappa shape index (κ1) is 18.0. The lowest BCUT2D eigenvalue weighted by molar-refractivity contribution is 0.482. The van der Waals surface area contributed by atoms with Crippen LogP contribution >= 0.6 is 0 Å². The van der Waals surface area contributed by atoms with E-state index in [9.17, 15) is 8.42 Å². The number of hydrogen-bond acceptors (Lipinski definition) is 3. The minimum atomic E-state index is -3.66. The maximum absolute atomic E-state index is 12.7. The average Bonchev–Trinajstić information content (AvgIpc) is 2.63. The molecule has 0 unspecified atom stereocenters. The number of benzene rings is 3. The number of nitrogens with one attached hydrogen (secondary N) is 1. The molecule has 3 rings (SSSR count). The molecule has 5 heteroatoms. The Morgan fingerprint density at radius 2 is 1.35 bits per heavy atom. The topological polar surface area (TPSA) is 55.4 Å². The number of hydrogen-bond donors (Lipinski definition) is 1. The highest BCUT2D eigenvalue weighted by Crippen LogP contribution is 2.27. The molecular weight excluding hydrogens is 346 g/mol. The lowest BCUT2D eigenvalue weighted by Gasteiger charge is -2.15. The summed E-state index contributed by atoms with van der Waals surface area (Å²) in [4.78, 5) is 0.191. The number of anilines is 1. The van der Waals surface area contributed by atoms with E-state index in [0.717, 1.165) is 5.56 Å². The highest BCUT2D eigenvalue weighted by Gasteiger charge is 2.17. The summed E-state index contributed by atoms with van der Waals surface area (Å²) < 4.78 is 33.8. The van der Waals surface area contributed by atoms with Crippen LogP contribution in [0.2, 0.25) is 0 Å². The summed E-state index contributed by atoms with van der Waals surface area (Å²) in [6, 6.07) is 23.2. The largest absolute Gasteiger partial charge is 0.457 e. The van der Waals surface area contributed by atoms with E-state index in [2.05, 4.69) is 4.72 Å². The van der Waals surface area contributed by atoms with E-state index in [1.54, 1.807) is 30.3 Å². The molecule has 26 heavy (non-hydrogen) atoms. The second-order valence-corrected chi connectivity index (χ2v) is 7.92. The van der Waals surface area contributed by atoms with Gasteiger partial charge >= 0.3 is 0 Å². The maximum Gasteiger partial charge on any atom is 0.261 e.